The number of alkyl halides is 2. The number of aromatic nitrogens is 2. The Morgan fingerprint density at radius 2 is 2.09 bits per heavy atom. The molecule has 0 atom stereocenters. The van der Waals surface area contributed by atoms with Gasteiger partial charge in [0.2, 0.25) is 0 Å². The van der Waals surface area contributed by atoms with E-state index < -0.39 is 17.4 Å². The molecular weight excluding hydrogens is 324 g/mol. The number of nitrogens with zero attached hydrogens (tertiary/aromatic N) is 2. The predicted molar refractivity (Wildman–Crippen MR) is 83.9 cm³/mol. The largest absolute Gasteiger partial charge is 0.316 e. The van der Waals surface area contributed by atoms with Gasteiger partial charge in [-0.05, 0) is 24.3 Å². The second-order valence-corrected chi connectivity index (χ2v) is 7.20. The van der Waals surface area contributed by atoms with Crippen LogP contribution in [0.1, 0.15) is 18.4 Å². The third-order valence-corrected chi connectivity index (χ3v) is 5.61. The fourth-order valence-corrected chi connectivity index (χ4v) is 4.07. The van der Waals surface area contributed by atoms with E-state index in [-0.39, 0.29) is 26.8 Å². The van der Waals surface area contributed by atoms with Gasteiger partial charge < -0.3 is 5.32 Å². The number of rotatable bonds is 2. The van der Waals surface area contributed by atoms with Crippen molar-refractivity contribution < 1.29 is 8.78 Å². The van der Waals surface area contributed by atoms with Crippen LogP contribution in [0.15, 0.2) is 23.1 Å². The van der Waals surface area contributed by atoms with Crippen molar-refractivity contribution in [3.05, 3.63) is 39.3 Å². The maximum absolute atomic E-state index is 15.0. The molecule has 23 heavy (non-hydrogen) atoms. The summed E-state index contributed by atoms with van der Waals surface area (Å²) < 4.78 is 31.1. The van der Waals surface area contributed by atoms with Crippen LogP contribution in [-0.2, 0) is 13.0 Å². The first kappa shape index (κ1) is 15.0. The number of hydrogen-bond acceptors (Lipinski definition) is 3. The van der Waals surface area contributed by atoms with Crippen molar-refractivity contribution in [3.8, 4) is 0 Å². The summed E-state index contributed by atoms with van der Waals surface area (Å²) in [5.74, 6) is -3.68. The molecule has 1 saturated carbocycles. The minimum absolute atomic E-state index is 0.0602. The second kappa shape index (κ2) is 4.74. The van der Waals surface area contributed by atoms with Crippen LogP contribution in [0.5, 0.6) is 0 Å². The van der Waals surface area contributed by atoms with Crippen LogP contribution in [0, 0.1) is 11.3 Å². The molecule has 1 aliphatic heterocycles. The van der Waals surface area contributed by atoms with Crippen molar-refractivity contribution >= 4 is 22.4 Å². The molecule has 2 aromatic rings. The van der Waals surface area contributed by atoms with Gasteiger partial charge in [0.05, 0.1) is 16.6 Å². The summed E-state index contributed by atoms with van der Waals surface area (Å²) in [6, 6.07) is 2.71. The summed E-state index contributed by atoms with van der Waals surface area (Å²) in [6.45, 7) is 1.64. The highest BCUT2D eigenvalue weighted by atomic mass is 35.5. The van der Waals surface area contributed by atoms with Gasteiger partial charge in [0.15, 0.2) is 0 Å². The summed E-state index contributed by atoms with van der Waals surface area (Å²) in [5, 5.41) is 7.47. The number of hydrogen-bond donors (Lipinski definition) is 1. The number of fused-ring (bicyclic) bond motifs is 1. The van der Waals surface area contributed by atoms with Crippen LogP contribution in [0.4, 0.5) is 8.78 Å². The molecule has 0 amide bonds. The Kier molecular flexibility index (Phi) is 3.09. The third kappa shape index (κ3) is 2.04. The molecule has 1 aromatic carbocycles. The molecule has 0 radical (unpaired) electrons. The zero-order valence-corrected chi connectivity index (χ0v) is 13.3. The van der Waals surface area contributed by atoms with Crippen molar-refractivity contribution in [1.29, 1.82) is 0 Å². The van der Waals surface area contributed by atoms with Crippen LogP contribution < -0.4 is 10.9 Å². The first-order chi connectivity index (χ1) is 10.8. The lowest BCUT2D eigenvalue weighted by molar-refractivity contribution is -0.155. The molecule has 2 fully saturated rings. The normalized spacial score (nSPS) is 20.5. The predicted octanol–water partition coefficient (Wildman–Crippen LogP) is 2.68. The first-order valence-corrected chi connectivity index (χ1v) is 7.95. The molecule has 1 N–H and O–H groups in total. The summed E-state index contributed by atoms with van der Waals surface area (Å²) in [4.78, 5) is 12.2. The van der Waals surface area contributed by atoms with Crippen LogP contribution in [0.3, 0.4) is 0 Å². The van der Waals surface area contributed by atoms with E-state index in [0.717, 1.165) is 17.8 Å². The fourth-order valence-electron chi connectivity index (χ4n) is 3.82. The summed E-state index contributed by atoms with van der Waals surface area (Å²) in [5.41, 5.74) is -0.544. The lowest BCUT2D eigenvalue weighted by Crippen LogP contribution is -2.62. The van der Waals surface area contributed by atoms with Crippen LogP contribution >= 0.6 is 11.6 Å². The van der Waals surface area contributed by atoms with Gasteiger partial charge >= 0.3 is 0 Å². The van der Waals surface area contributed by atoms with Gasteiger partial charge in [-0.3, -0.25) is 4.79 Å². The fraction of sp³-hybridized carbons (Fsp3) is 0.500. The van der Waals surface area contributed by atoms with Crippen molar-refractivity contribution in [2.75, 3.05) is 13.1 Å². The van der Waals surface area contributed by atoms with E-state index in [4.69, 9.17) is 11.6 Å². The molecule has 2 aliphatic rings. The van der Waals surface area contributed by atoms with Crippen LogP contribution in [-0.4, -0.2) is 22.9 Å². The maximum Gasteiger partial charge on any atom is 0.276 e. The smallest absolute Gasteiger partial charge is 0.276 e. The van der Waals surface area contributed by atoms with Crippen molar-refractivity contribution in [3.63, 3.8) is 0 Å². The lowest BCUT2D eigenvalue weighted by atomic mass is 9.56. The van der Waals surface area contributed by atoms with Gasteiger partial charge in [-0.1, -0.05) is 17.7 Å². The molecule has 7 heteroatoms. The standard InChI is InChI=1S/C16H16ClF2N3O/c1-22-14(23)13-10(6-21-22)11(2-3-12(13)17)16(18,19)9-4-15(5-9)7-20-8-15/h2-3,6,9,20H,4-5,7-8H2,1H3. The van der Waals surface area contributed by atoms with Gasteiger partial charge in [-0.15, -0.1) is 0 Å². The van der Waals surface area contributed by atoms with E-state index in [9.17, 15) is 13.6 Å². The molecule has 1 aromatic heterocycles. The van der Waals surface area contributed by atoms with E-state index in [1.54, 1.807) is 0 Å². The molecule has 0 bridgehead atoms. The quantitative estimate of drug-likeness (QED) is 0.915. The average molecular weight is 340 g/mol. The Labute approximate surface area is 136 Å². The Hall–Kier alpha value is -1.53. The van der Waals surface area contributed by atoms with Crippen LogP contribution in [0.2, 0.25) is 5.02 Å². The molecular formula is C16H16ClF2N3O. The summed E-state index contributed by atoms with van der Waals surface area (Å²) in [6.07, 6.45) is 2.33. The summed E-state index contributed by atoms with van der Waals surface area (Å²) >= 11 is 6.07. The minimum Gasteiger partial charge on any atom is -0.316 e. The van der Waals surface area contributed by atoms with Crippen molar-refractivity contribution in [1.82, 2.24) is 15.1 Å². The van der Waals surface area contributed by atoms with E-state index in [2.05, 4.69) is 10.4 Å². The highest BCUT2D eigenvalue weighted by Crippen LogP contribution is 2.57. The zero-order chi connectivity index (χ0) is 16.4. The molecule has 1 aliphatic carbocycles. The number of halogens is 3. The minimum atomic E-state index is -2.99. The molecule has 1 saturated heterocycles. The van der Waals surface area contributed by atoms with Gasteiger partial charge in [0.1, 0.15) is 0 Å². The molecule has 4 rings (SSSR count). The zero-order valence-electron chi connectivity index (χ0n) is 12.6. The Balaban J connectivity index is 1.81. The van der Waals surface area contributed by atoms with Gasteiger partial charge in [-0.2, -0.15) is 5.10 Å². The number of nitrogens with one attached hydrogen (secondary N) is 1. The van der Waals surface area contributed by atoms with Crippen molar-refractivity contribution in [2.24, 2.45) is 18.4 Å². The Morgan fingerprint density at radius 3 is 2.70 bits per heavy atom. The summed E-state index contributed by atoms with van der Waals surface area (Å²) in [7, 11) is 1.47. The SMILES string of the molecule is Cn1ncc2c(C(F)(F)C3CC4(CNC4)C3)ccc(Cl)c2c1=O. The van der Waals surface area contributed by atoms with Gasteiger partial charge in [0.25, 0.3) is 11.5 Å². The molecule has 0 unspecified atom stereocenters. The second-order valence-electron chi connectivity index (χ2n) is 6.79. The number of benzene rings is 1. The Bertz CT molecular complexity index is 852. The lowest BCUT2D eigenvalue weighted by Gasteiger charge is -2.56. The van der Waals surface area contributed by atoms with Gasteiger partial charge in [0, 0.05) is 37.0 Å². The molecule has 1 spiro atoms. The third-order valence-electron chi connectivity index (χ3n) is 5.29. The van der Waals surface area contributed by atoms with Crippen molar-refractivity contribution in [2.45, 2.75) is 18.8 Å². The van der Waals surface area contributed by atoms with E-state index in [1.165, 1.54) is 25.4 Å². The monoisotopic (exact) mass is 339 g/mol. The molecule has 4 nitrogen and oxygen atoms in total. The molecule has 122 valence electrons. The first-order valence-electron chi connectivity index (χ1n) is 7.58. The average Bonchev–Trinajstić information content (AvgIpc) is 2.39. The highest BCUT2D eigenvalue weighted by molar-refractivity contribution is 6.35. The Morgan fingerprint density at radius 1 is 1.39 bits per heavy atom. The van der Waals surface area contributed by atoms with E-state index >= 15 is 0 Å². The topological polar surface area (TPSA) is 46.9 Å². The van der Waals surface area contributed by atoms with E-state index in [0.29, 0.717) is 12.8 Å². The molecule has 2 heterocycles. The van der Waals surface area contributed by atoms with Crippen LogP contribution in [0.25, 0.3) is 10.8 Å². The van der Waals surface area contributed by atoms with Gasteiger partial charge in [-0.25, -0.2) is 13.5 Å². The highest BCUT2D eigenvalue weighted by Gasteiger charge is 2.58. The number of aryl methyl sites for hydroxylation is 1. The van der Waals surface area contributed by atoms with E-state index in [1.807, 2.05) is 0 Å². The maximum atomic E-state index is 15.0.